The first-order chi connectivity index (χ1) is 9.58. The molecule has 21 heavy (non-hydrogen) atoms. The molecule has 1 heterocycles. The van der Waals surface area contributed by atoms with E-state index in [2.05, 4.69) is 5.32 Å². The summed E-state index contributed by atoms with van der Waals surface area (Å²) in [6, 6.07) is 7.08. The summed E-state index contributed by atoms with van der Waals surface area (Å²) in [5.74, 6) is 0.513. The third-order valence-electron chi connectivity index (χ3n) is 3.42. The molecule has 116 valence electrons. The van der Waals surface area contributed by atoms with E-state index in [0.717, 1.165) is 13.1 Å². The number of carbonyl (C=O) groups excluding carboxylic acids is 2. The number of ketones is 1. The van der Waals surface area contributed by atoms with Crippen LogP contribution in [0.25, 0.3) is 0 Å². The smallest absolute Gasteiger partial charge is 0.260 e. The molecule has 1 aromatic carbocycles. The number of halogens is 1. The van der Waals surface area contributed by atoms with Gasteiger partial charge in [-0.05, 0) is 26.0 Å². The van der Waals surface area contributed by atoms with E-state index in [-0.39, 0.29) is 36.7 Å². The van der Waals surface area contributed by atoms with Crippen molar-refractivity contribution in [1.82, 2.24) is 10.2 Å². The van der Waals surface area contributed by atoms with Gasteiger partial charge in [0, 0.05) is 31.2 Å². The average molecular weight is 313 g/mol. The fourth-order valence-electron chi connectivity index (χ4n) is 2.24. The second kappa shape index (κ2) is 8.00. The van der Waals surface area contributed by atoms with Crippen LogP contribution in [0.5, 0.6) is 5.75 Å². The Morgan fingerprint density at radius 3 is 2.86 bits per heavy atom. The number of rotatable bonds is 4. The maximum Gasteiger partial charge on any atom is 0.260 e. The molecule has 1 amide bonds. The molecule has 1 atom stereocenters. The number of ether oxygens (including phenoxy) is 1. The molecule has 1 aliphatic heterocycles. The molecule has 5 nitrogen and oxygen atoms in total. The Morgan fingerprint density at radius 1 is 1.43 bits per heavy atom. The largest absolute Gasteiger partial charge is 0.484 e. The average Bonchev–Trinajstić information content (AvgIpc) is 2.45. The van der Waals surface area contributed by atoms with E-state index in [0.29, 0.717) is 17.9 Å². The molecule has 0 aromatic heterocycles. The Labute approximate surface area is 131 Å². The first-order valence-corrected chi connectivity index (χ1v) is 6.82. The third kappa shape index (κ3) is 4.72. The lowest BCUT2D eigenvalue weighted by Crippen LogP contribution is -2.53. The molecular weight excluding hydrogens is 292 g/mol. The van der Waals surface area contributed by atoms with Crippen molar-refractivity contribution in [1.29, 1.82) is 0 Å². The Kier molecular flexibility index (Phi) is 6.65. The van der Waals surface area contributed by atoms with Gasteiger partial charge >= 0.3 is 0 Å². The number of hydrogen-bond donors (Lipinski definition) is 1. The van der Waals surface area contributed by atoms with E-state index >= 15 is 0 Å². The van der Waals surface area contributed by atoms with Crippen LogP contribution in [0.3, 0.4) is 0 Å². The first-order valence-electron chi connectivity index (χ1n) is 6.82. The maximum atomic E-state index is 12.1. The summed E-state index contributed by atoms with van der Waals surface area (Å²) in [6.07, 6.45) is 0. The zero-order chi connectivity index (χ0) is 14.5. The van der Waals surface area contributed by atoms with Crippen molar-refractivity contribution in [3.05, 3.63) is 29.8 Å². The van der Waals surface area contributed by atoms with Gasteiger partial charge in [0.25, 0.3) is 5.91 Å². The molecule has 0 bridgehead atoms. The molecule has 1 unspecified atom stereocenters. The van der Waals surface area contributed by atoms with Gasteiger partial charge in [0.2, 0.25) is 0 Å². The van der Waals surface area contributed by atoms with Crippen LogP contribution in [0.2, 0.25) is 0 Å². The lowest BCUT2D eigenvalue weighted by molar-refractivity contribution is -0.136. The van der Waals surface area contributed by atoms with Gasteiger partial charge in [0.05, 0.1) is 0 Å². The van der Waals surface area contributed by atoms with Crippen LogP contribution >= 0.6 is 12.4 Å². The Hall–Kier alpha value is -1.59. The van der Waals surface area contributed by atoms with E-state index in [1.165, 1.54) is 6.92 Å². The van der Waals surface area contributed by atoms with E-state index in [4.69, 9.17) is 4.74 Å². The van der Waals surface area contributed by atoms with Crippen molar-refractivity contribution in [3.63, 3.8) is 0 Å². The van der Waals surface area contributed by atoms with Crippen LogP contribution in [0.15, 0.2) is 24.3 Å². The van der Waals surface area contributed by atoms with Gasteiger partial charge in [-0.25, -0.2) is 0 Å². The van der Waals surface area contributed by atoms with Crippen LogP contribution in [-0.4, -0.2) is 48.9 Å². The van der Waals surface area contributed by atoms with Crippen LogP contribution in [-0.2, 0) is 4.79 Å². The molecule has 0 aliphatic carbocycles. The highest BCUT2D eigenvalue weighted by molar-refractivity contribution is 5.94. The predicted molar refractivity (Wildman–Crippen MR) is 83.2 cm³/mol. The molecule has 1 fully saturated rings. The monoisotopic (exact) mass is 312 g/mol. The molecule has 6 heteroatoms. The number of piperazine rings is 1. The molecule has 0 spiro atoms. The number of amides is 1. The van der Waals surface area contributed by atoms with Gasteiger partial charge in [0.15, 0.2) is 12.4 Å². The number of hydrogen-bond acceptors (Lipinski definition) is 4. The number of carbonyl (C=O) groups is 2. The van der Waals surface area contributed by atoms with Crippen molar-refractivity contribution >= 4 is 24.1 Å². The van der Waals surface area contributed by atoms with Crippen LogP contribution < -0.4 is 10.1 Å². The summed E-state index contributed by atoms with van der Waals surface area (Å²) in [7, 11) is 0. The highest BCUT2D eigenvalue weighted by Gasteiger charge is 2.23. The van der Waals surface area contributed by atoms with Gasteiger partial charge in [-0.15, -0.1) is 12.4 Å². The first kappa shape index (κ1) is 17.5. The lowest BCUT2D eigenvalue weighted by Gasteiger charge is -2.33. The van der Waals surface area contributed by atoms with Crippen molar-refractivity contribution in [2.45, 2.75) is 19.9 Å². The van der Waals surface area contributed by atoms with Crippen LogP contribution in [0, 0.1) is 0 Å². The highest BCUT2D eigenvalue weighted by Crippen LogP contribution is 2.14. The van der Waals surface area contributed by atoms with Crippen LogP contribution in [0.4, 0.5) is 0 Å². The summed E-state index contributed by atoms with van der Waals surface area (Å²) in [5.41, 5.74) is 0.588. The van der Waals surface area contributed by atoms with Gasteiger partial charge in [-0.1, -0.05) is 12.1 Å². The van der Waals surface area contributed by atoms with Crippen molar-refractivity contribution < 1.29 is 14.3 Å². The molecule has 1 aliphatic rings. The standard InChI is InChI=1S/C15H20N2O3.ClH/c1-11-9-16-6-7-17(11)15(19)10-20-14-5-3-4-13(8-14)12(2)18;/h3-5,8,11,16H,6-7,9-10H2,1-2H3;1H. The van der Waals surface area contributed by atoms with E-state index in [9.17, 15) is 9.59 Å². The van der Waals surface area contributed by atoms with Gasteiger partial charge in [-0.2, -0.15) is 0 Å². The van der Waals surface area contributed by atoms with Crippen LogP contribution in [0.1, 0.15) is 24.2 Å². The molecule has 1 N–H and O–H groups in total. The maximum absolute atomic E-state index is 12.1. The fraction of sp³-hybridized carbons (Fsp3) is 0.467. The Bertz CT molecular complexity index is 507. The zero-order valence-corrected chi connectivity index (χ0v) is 13.1. The van der Waals surface area contributed by atoms with Crippen molar-refractivity contribution in [2.75, 3.05) is 26.2 Å². The molecule has 2 rings (SSSR count). The Balaban J connectivity index is 0.00000220. The summed E-state index contributed by atoms with van der Waals surface area (Å²) in [6.45, 7) is 5.86. The van der Waals surface area contributed by atoms with Crippen molar-refractivity contribution in [3.8, 4) is 5.75 Å². The molecular formula is C15H21ClN2O3. The lowest BCUT2D eigenvalue weighted by atomic mass is 10.1. The Morgan fingerprint density at radius 2 is 2.19 bits per heavy atom. The minimum Gasteiger partial charge on any atom is -0.484 e. The summed E-state index contributed by atoms with van der Waals surface area (Å²) in [4.78, 5) is 25.2. The number of Topliss-reactive ketones (excluding diaryl/α,β-unsaturated/α-hetero) is 1. The number of benzene rings is 1. The third-order valence-corrected chi connectivity index (χ3v) is 3.42. The van der Waals surface area contributed by atoms with Gasteiger partial charge in [-0.3, -0.25) is 9.59 Å². The van der Waals surface area contributed by atoms with Crippen molar-refractivity contribution in [2.24, 2.45) is 0 Å². The van der Waals surface area contributed by atoms with Gasteiger partial charge < -0.3 is 15.0 Å². The second-order valence-electron chi connectivity index (χ2n) is 5.01. The zero-order valence-electron chi connectivity index (χ0n) is 12.3. The topological polar surface area (TPSA) is 58.6 Å². The fourth-order valence-corrected chi connectivity index (χ4v) is 2.24. The molecule has 0 saturated carbocycles. The van der Waals surface area contributed by atoms with E-state index in [1.54, 1.807) is 24.3 Å². The van der Waals surface area contributed by atoms with E-state index in [1.807, 2.05) is 11.8 Å². The van der Waals surface area contributed by atoms with Gasteiger partial charge in [0.1, 0.15) is 5.75 Å². The predicted octanol–water partition coefficient (Wildman–Crippen LogP) is 1.51. The molecule has 1 aromatic rings. The SMILES string of the molecule is CC(=O)c1cccc(OCC(=O)N2CCNCC2C)c1.Cl. The summed E-state index contributed by atoms with van der Waals surface area (Å²) < 4.78 is 5.50. The second-order valence-corrected chi connectivity index (χ2v) is 5.01. The molecule has 0 radical (unpaired) electrons. The quantitative estimate of drug-likeness (QED) is 0.856. The normalized spacial score (nSPS) is 17.8. The molecule has 1 saturated heterocycles. The van der Waals surface area contributed by atoms with E-state index < -0.39 is 0 Å². The number of nitrogens with zero attached hydrogens (tertiary/aromatic N) is 1. The minimum atomic E-state index is -0.0211. The summed E-state index contributed by atoms with van der Waals surface area (Å²) in [5, 5.41) is 3.24. The minimum absolute atomic E-state index is 0. The summed E-state index contributed by atoms with van der Waals surface area (Å²) >= 11 is 0. The number of nitrogens with one attached hydrogen (secondary N) is 1. The highest BCUT2D eigenvalue weighted by atomic mass is 35.5.